The number of aromatic nitrogens is 2. The lowest BCUT2D eigenvalue weighted by Gasteiger charge is -2.35. The zero-order chi connectivity index (χ0) is 24.0. The van der Waals surface area contributed by atoms with E-state index in [1.807, 2.05) is 42.5 Å². The largest absolute Gasteiger partial charge is 0.459 e. The monoisotopic (exact) mass is 492 g/mol. The van der Waals surface area contributed by atoms with Crippen LogP contribution >= 0.6 is 12.2 Å². The number of morpholine rings is 1. The van der Waals surface area contributed by atoms with E-state index in [0.717, 1.165) is 48.4 Å². The number of furan rings is 1. The Bertz CT molecular complexity index is 1130. The Kier molecular flexibility index (Phi) is 7.44. The molecule has 2 N–H and O–H groups in total. The van der Waals surface area contributed by atoms with Crippen LogP contribution in [0.15, 0.2) is 52.9 Å². The Balaban J connectivity index is 1.28. The fourth-order valence-electron chi connectivity index (χ4n) is 4.56. The summed E-state index contributed by atoms with van der Waals surface area (Å²) in [6.07, 6.45) is 3.61. The molecule has 0 aliphatic carbocycles. The summed E-state index contributed by atoms with van der Waals surface area (Å²) in [5.74, 6) is 3.99. The van der Waals surface area contributed by atoms with Crippen molar-refractivity contribution >= 4 is 34.9 Å². The predicted octanol–water partition coefficient (Wildman–Crippen LogP) is 4.44. The molecule has 4 heterocycles. The van der Waals surface area contributed by atoms with Crippen LogP contribution in [0.4, 0.5) is 17.6 Å². The number of hydrogen-bond acceptors (Lipinski definition) is 7. The van der Waals surface area contributed by atoms with Crippen molar-refractivity contribution in [2.24, 2.45) is 0 Å². The summed E-state index contributed by atoms with van der Waals surface area (Å²) in [6.45, 7) is 6.78. The fraction of sp³-hybridized carbons (Fsp3) is 0.423. The Morgan fingerprint density at radius 1 is 1.03 bits per heavy atom. The summed E-state index contributed by atoms with van der Waals surface area (Å²) in [7, 11) is 0. The van der Waals surface area contributed by atoms with Crippen LogP contribution < -0.4 is 20.4 Å². The molecule has 0 saturated carbocycles. The molecule has 2 aliphatic rings. The molecule has 2 aromatic heterocycles. The van der Waals surface area contributed by atoms with Crippen molar-refractivity contribution in [3.05, 3.63) is 54.3 Å². The molecule has 1 atom stereocenters. The Morgan fingerprint density at radius 3 is 2.63 bits per heavy atom. The topological polar surface area (TPSA) is 78.7 Å². The maximum atomic E-state index is 5.97. The molecule has 0 bridgehead atoms. The van der Waals surface area contributed by atoms with Crippen molar-refractivity contribution in [2.45, 2.75) is 38.8 Å². The second-order valence-corrected chi connectivity index (χ2v) is 9.39. The van der Waals surface area contributed by atoms with Gasteiger partial charge in [-0.1, -0.05) is 30.3 Å². The van der Waals surface area contributed by atoms with Crippen LogP contribution in [0.3, 0.4) is 0 Å². The summed E-state index contributed by atoms with van der Waals surface area (Å²) in [5, 5.41) is 6.87. The normalized spacial score (nSPS) is 18.4. The third kappa shape index (κ3) is 5.91. The number of rotatable bonds is 6. The fourth-order valence-corrected chi connectivity index (χ4v) is 4.73. The highest BCUT2D eigenvalue weighted by Gasteiger charge is 2.23. The van der Waals surface area contributed by atoms with Crippen molar-refractivity contribution in [1.29, 1.82) is 0 Å². The van der Waals surface area contributed by atoms with Crippen LogP contribution in [-0.4, -0.2) is 54.0 Å². The van der Waals surface area contributed by atoms with E-state index in [2.05, 4.69) is 33.4 Å². The van der Waals surface area contributed by atoms with Gasteiger partial charge in [0.15, 0.2) is 5.11 Å². The number of nitrogens with zero attached hydrogens (tertiary/aromatic N) is 4. The minimum atomic E-state index is 0.451. The van der Waals surface area contributed by atoms with Gasteiger partial charge in [-0.15, -0.1) is 0 Å². The third-order valence-corrected chi connectivity index (χ3v) is 6.75. The van der Waals surface area contributed by atoms with Gasteiger partial charge in [-0.05, 0) is 50.5 Å². The first-order valence-electron chi connectivity index (χ1n) is 12.3. The second-order valence-electron chi connectivity index (χ2n) is 8.99. The number of ether oxygens (including phenoxy) is 1. The molecular weight excluding hydrogens is 460 g/mol. The Morgan fingerprint density at radius 2 is 1.83 bits per heavy atom. The number of benzene rings is 1. The van der Waals surface area contributed by atoms with E-state index in [1.54, 1.807) is 0 Å². The lowest BCUT2D eigenvalue weighted by Crippen LogP contribution is -2.40. The molecule has 9 heteroatoms. The number of anilines is 3. The van der Waals surface area contributed by atoms with Gasteiger partial charge in [0.25, 0.3) is 0 Å². The molecule has 35 heavy (non-hydrogen) atoms. The van der Waals surface area contributed by atoms with Gasteiger partial charge < -0.3 is 29.6 Å². The average molecular weight is 493 g/mol. The smallest absolute Gasteiger partial charge is 0.232 e. The van der Waals surface area contributed by atoms with Crippen LogP contribution in [0.2, 0.25) is 0 Å². The van der Waals surface area contributed by atoms with Crippen molar-refractivity contribution in [3.63, 3.8) is 0 Å². The van der Waals surface area contributed by atoms with Gasteiger partial charge in [0.1, 0.15) is 23.2 Å². The molecule has 2 saturated heterocycles. The van der Waals surface area contributed by atoms with E-state index in [9.17, 15) is 0 Å². The molecule has 1 aromatic carbocycles. The van der Waals surface area contributed by atoms with E-state index in [-0.39, 0.29) is 0 Å². The highest BCUT2D eigenvalue weighted by molar-refractivity contribution is 7.80. The summed E-state index contributed by atoms with van der Waals surface area (Å²) in [6, 6.07) is 16.5. The summed E-state index contributed by atoms with van der Waals surface area (Å²) < 4.78 is 11.5. The van der Waals surface area contributed by atoms with Gasteiger partial charge in [0, 0.05) is 37.3 Å². The van der Waals surface area contributed by atoms with E-state index >= 15 is 0 Å². The van der Waals surface area contributed by atoms with Crippen LogP contribution in [-0.2, 0) is 11.3 Å². The van der Waals surface area contributed by atoms with Crippen LogP contribution in [0.25, 0.3) is 11.3 Å². The molecule has 8 nitrogen and oxygen atoms in total. The highest BCUT2D eigenvalue weighted by Crippen LogP contribution is 2.27. The highest BCUT2D eigenvalue weighted by atomic mass is 32.1. The Hall–Kier alpha value is -3.17. The minimum absolute atomic E-state index is 0.451. The zero-order valence-electron chi connectivity index (χ0n) is 20.1. The first-order valence-corrected chi connectivity index (χ1v) is 12.7. The van der Waals surface area contributed by atoms with Crippen LogP contribution in [0.1, 0.15) is 31.9 Å². The van der Waals surface area contributed by atoms with Crippen molar-refractivity contribution < 1.29 is 9.15 Å². The third-order valence-electron chi connectivity index (χ3n) is 6.50. The summed E-state index contributed by atoms with van der Waals surface area (Å²) in [5.41, 5.74) is 1.05. The molecule has 2 fully saturated rings. The summed E-state index contributed by atoms with van der Waals surface area (Å²) >= 11 is 5.57. The van der Waals surface area contributed by atoms with Gasteiger partial charge >= 0.3 is 0 Å². The van der Waals surface area contributed by atoms with Crippen molar-refractivity contribution in [2.75, 3.05) is 48.0 Å². The maximum Gasteiger partial charge on any atom is 0.232 e. The lowest BCUT2D eigenvalue weighted by molar-refractivity contribution is 0.122. The van der Waals surface area contributed by atoms with Gasteiger partial charge in [-0.25, -0.2) is 0 Å². The molecule has 5 rings (SSSR count). The molecule has 3 aromatic rings. The van der Waals surface area contributed by atoms with E-state index in [1.165, 1.54) is 19.3 Å². The standard InChI is InChI=1S/C26H32N6O2S/c1-19-7-5-6-12-32(19)24-17-23(31-13-15-33-16-14-31)28-25(29-24)30-26(35)27-18-21-10-11-22(34-21)20-8-3-2-4-9-20/h2-4,8-11,17,19H,5-7,12-16,18H2,1H3,(H2,27,28,29,30,35)/t19-/m1/s1. The van der Waals surface area contributed by atoms with E-state index in [0.29, 0.717) is 36.9 Å². The Labute approximate surface area is 211 Å². The predicted molar refractivity (Wildman–Crippen MR) is 143 cm³/mol. The number of nitrogens with one attached hydrogen (secondary N) is 2. The molecule has 2 aliphatic heterocycles. The summed E-state index contributed by atoms with van der Waals surface area (Å²) in [4.78, 5) is 14.3. The van der Waals surface area contributed by atoms with Crippen LogP contribution in [0.5, 0.6) is 0 Å². The molecule has 0 unspecified atom stereocenters. The molecule has 0 amide bonds. The quantitative estimate of drug-likeness (QED) is 0.486. The molecule has 184 valence electrons. The second kappa shape index (κ2) is 11.0. The van der Waals surface area contributed by atoms with E-state index in [4.69, 9.17) is 31.3 Å². The zero-order valence-corrected chi connectivity index (χ0v) is 20.9. The first-order chi connectivity index (χ1) is 17.2. The number of thiocarbonyl (C=S) groups is 1. The first kappa shape index (κ1) is 23.6. The van der Waals surface area contributed by atoms with Gasteiger partial charge in [-0.2, -0.15) is 9.97 Å². The molecule has 0 spiro atoms. The maximum absolute atomic E-state index is 5.97. The van der Waals surface area contributed by atoms with Crippen LogP contribution in [0, 0.1) is 0 Å². The van der Waals surface area contributed by atoms with Gasteiger partial charge in [-0.3, -0.25) is 0 Å². The molecular formula is C26H32N6O2S. The minimum Gasteiger partial charge on any atom is -0.459 e. The average Bonchev–Trinajstić information content (AvgIpc) is 3.38. The SMILES string of the molecule is C[C@@H]1CCCCN1c1cc(N2CCOCC2)nc(NC(=S)NCc2ccc(-c3ccccc3)o2)n1. The van der Waals surface area contributed by atoms with Gasteiger partial charge in [0.05, 0.1) is 19.8 Å². The van der Waals surface area contributed by atoms with E-state index < -0.39 is 0 Å². The number of hydrogen-bond donors (Lipinski definition) is 2. The lowest BCUT2D eigenvalue weighted by atomic mass is 10.0. The number of piperidine rings is 1. The molecule has 0 radical (unpaired) electrons. The van der Waals surface area contributed by atoms with Crippen molar-refractivity contribution in [1.82, 2.24) is 15.3 Å². The van der Waals surface area contributed by atoms with Crippen molar-refractivity contribution in [3.8, 4) is 11.3 Å². The van der Waals surface area contributed by atoms with Gasteiger partial charge in [0.2, 0.25) is 5.95 Å².